The minimum Gasteiger partial charge on any atom is -0.328 e. The van der Waals surface area contributed by atoms with Crippen LogP contribution in [0, 0.1) is 0 Å². The molecule has 3 rings (SSSR count). The Balaban J connectivity index is 1.78. The Morgan fingerprint density at radius 1 is 1.23 bits per heavy atom. The fraction of sp³-hybridized carbons (Fsp3) is 0.444. The van der Waals surface area contributed by atoms with E-state index in [2.05, 4.69) is 24.4 Å². The SMILES string of the molecule is CCc1ccc(/C=C2\NC(=S)N(C3CCCCC3)C2=O)cc1. The van der Waals surface area contributed by atoms with Crippen molar-refractivity contribution in [1.29, 1.82) is 0 Å². The van der Waals surface area contributed by atoms with Crippen LogP contribution in [0.4, 0.5) is 0 Å². The van der Waals surface area contributed by atoms with Gasteiger partial charge in [0.15, 0.2) is 5.11 Å². The number of aryl methyl sites for hydroxylation is 1. The average Bonchev–Trinajstić information content (AvgIpc) is 2.83. The molecule has 1 N–H and O–H groups in total. The van der Waals surface area contributed by atoms with Gasteiger partial charge in [0.2, 0.25) is 0 Å². The van der Waals surface area contributed by atoms with E-state index in [0.29, 0.717) is 10.8 Å². The lowest BCUT2D eigenvalue weighted by atomic mass is 9.94. The normalized spacial score (nSPS) is 21.5. The summed E-state index contributed by atoms with van der Waals surface area (Å²) in [4.78, 5) is 14.4. The van der Waals surface area contributed by atoms with E-state index < -0.39 is 0 Å². The van der Waals surface area contributed by atoms with Crippen molar-refractivity contribution in [3.8, 4) is 0 Å². The second kappa shape index (κ2) is 6.61. The molecule has 1 saturated carbocycles. The summed E-state index contributed by atoms with van der Waals surface area (Å²) >= 11 is 5.38. The number of benzene rings is 1. The first-order valence-corrected chi connectivity index (χ1v) is 8.55. The predicted octanol–water partition coefficient (Wildman–Crippen LogP) is 3.64. The number of hydrogen-bond acceptors (Lipinski definition) is 2. The molecule has 0 spiro atoms. The number of amides is 1. The maximum Gasteiger partial charge on any atom is 0.276 e. The zero-order chi connectivity index (χ0) is 15.5. The third-order valence-electron chi connectivity index (χ3n) is 4.55. The first-order valence-electron chi connectivity index (χ1n) is 8.14. The molecule has 1 amide bonds. The van der Waals surface area contributed by atoms with Crippen LogP contribution in [-0.4, -0.2) is 22.0 Å². The molecule has 0 unspecified atom stereocenters. The van der Waals surface area contributed by atoms with Crippen molar-refractivity contribution >= 4 is 29.3 Å². The van der Waals surface area contributed by atoms with Crippen LogP contribution in [-0.2, 0) is 11.2 Å². The largest absolute Gasteiger partial charge is 0.328 e. The topological polar surface area (TPSA) is 32.3 Å². The highest BCUT2D eigenvalue weighted by Gasteiger charge is 2.36. The van der Waals surface area contributed by atoms with E-state index in [9.17, 15) is 4.79 Å². The fourth-order valence-electron chi connectivity index (χ4n) is 3.24. The summed E-state index contributed by atoms with van der Waals surface area (Å²) in [6.45, 7) is 2.13. The molecule has 1 aliphatic heterocycles. The van der Waals surface area contributed by atoms with Gasteiger partial charge in [0.05, 0.1) is 0 Å². The van der Waals surface area contributed by atoms with Crippen molar-refractivity contribution in [2.75, 3.05) is 0 Å². The molecular weight excluding hydrogens is 292 g/mol. The third kappa shape index (κ3) is 3.07. The van der Waals surface area contributed by atoms with Gasteiger partial charge in [0, 0.05) is 6.04 Å². The van der Waals surface area contributed by atoms with Gasteiger partial charge in [-0.05, 0) is 48.7 Å². The molecule has 1 heterocycles. The fourth-order valence-corrected chi connectivity index (χ4v) is 3.58. The Kier molecular flexibility index (Phi) is 4.57. The molecule has 2 aliphatic rings. The molecule has 2 fully saturated rings. The van der Waals surface area contributed by atoms with Crippen LogP contribution in [0.5, 0.6) is 0 Å². The Morgan fingerprint density at radius 2 is 1.91 bits per heavy atom. The van der Waals surface area contributed by atoms with Crippen LogP contribution >= 0.6 is 12.2 Å². The molecule has 0 aromatic heterocycles. The maximum atomic E-state index is 12.7. The Hall–Kier alpha value is -1.68. The highest BCUT2D eigenvalue weighted by atomic mass is 32.1. The number of carbonyl (C=O) groups excluding carboxylic acids is 1. The second-order valence-electron chi connectivity index (χ2n) is 6.05. The highest BCUT2D eigenvalue weighted by Crippen LogP contribution is 2.26. The number of carbonyl (C=O) groups is 1. The number of rotatable bonds is 3. The molecular formula is C18H22N2OS. The van der Waals surface area contributed by atoms with Gasteiger partial charge >= 0.3 is 0 Å². The lowest BCUT2D eigenvalue weighted by Gasteiger charge is -2.29. The quantitative estimate of drug-likeness (QED) is 0.683. The number of thiocarbonyl (C=S) groups is 1. The van der Waals surface area contributed by atoms with Gasteiger partial charge < -0.3 is 5.32 Å². The molecule has 116 valence electrons. The average molecular weight is 314 g/mol. The molecule has 0 bridgehead atoms. The van der Waals surface area contributed by atoms with E-state index >= 15 is 0 Å². The summed E-state index contributed by atoms with van der Waals surface area (Å²) in [7, 11) is 0. The summed E-state index contributed by atoms with van der Waals surface area (Å²) in [5.74, 6) is 0.0245. The standard InChI is InChI=1S/C18H22N2OS/c1-2-13-8-10-14(11-9-13)12-16-17(21)20(18(22)19-16)15-6-4-3-5-7-15/h8-12,15H,2-7H2,1H3,(H,19,22)/b16-12-. The summed E-state index contributed by atoms with van der Waals surface area (Å²) in [5.41, 5.74) is 2.92. The lowest BCUT2D eigenvalue weighted by Crippen LogP contribution is -2.41. The summed E-state index contributed by atoms with van der Waals surface area (Å²) in [5, 5.41) is 3.66. The van der Waals surface area contributed by atoms with Gasteiger partial charge in [-0.1, -0.05) is 50.5 Å². The molecule has 22 heavy (non-hydrogen) atoms. The van der Waals surface area contributed by atoms with Crippen molar-refractivity contribution in [1.82, 2.24) is 10.2 Å². The Bertz CT molecular complexity index is 600. The van der Waals surface area contributed by atoms with E-state index in [1.807, 2.05) is 18.2 Å². The first kappa shape index (κ1) is 15.2. The summed E-state index contributed by atoms with van der Waals surface area (Å²) in [6, 6.07) is 8.57. The van der Waals surface area contributed by atoms with Crippen LogP contribution in [0.25, 0.3) is 6.08 Å². The molecule has 0 atom stereocenters. The molecule has 1 aromatic carbocycles. The van der Waals surface area contributed by atoms with E-state index in [-0.39, 0.29) is 11.9 Å². The molecule has 1 saturated heterocycles. The van der Waals surface area contributed by atoms with Gasteiger partial charge in [0.25, 0.3) is 5.91 Å². The van der Waals surface area contributed by atoms with Crippen LogP contribution in [0.2, 0.25) is 0 Å². The van der Waals surface area contributed by atoms with Crippen molar-refractivity contribution in [3.63, 3.8) is 0 Å². The van der Waals surface area contributed by atoms with Crippen molar-refractivity contribution in [2.24, 2.45) is 0 Å². The van der Waals surface area contributed by atoms with Gasteiger partial charge in [-0.25, -0.2) is 0 Å². The van der Waals surface area contributed by atoms with E-state index in [1.54, 1.807) is 4.90 Å². The monoisotopic (exact) mass is 314 g/mol. The predicted molar refractivity (Wildman–Crippen MR) is 93.2 cm³/mol. The molecule has 1 aliphatic carbocycles. The van der Waals surface area contributed by atoms with Crippen LogP contribution in [0.1, 0.15) is 50.2 Å². The number of nitrogens with one attached hydrogen (secondary N) is 1. The summed E-state index contributed by atoms with van der Waals surface area (Å²) in [6.07, 6.45) is 8.69. The first-order chi connectivity index (χ1) is 10.7. The molecule has 1 aromatic rings. The lowest BCUT2D eigenvalue weighted by molar-refractivity contribution is -0.124. The molecule has 4 heteroatoms. The Labute approximate surface area is 137 Å². The minimum atomic E-state index is 0.0245. The van der Waals surface area contributed by atoms with Crippen LogP contribution < -0.4 is 5.32 Å². The van der Waals surface area contributed by atoms with Crippen molar-refractivity contribution in [3.05, 3.63) is 41.1 Å². The zero-order valence-corrected chi connectivity index (χ0v) is 13.8. The third-order valence-corrected chi connectivity index (χ3v) is 4.85. The van der Waals surface area contributed by atoms with Gasteiger partial charge in [-0.15, -0.1) is 0 Å². The minimum absolute atomic E-state index is 0.0245. The Morgan fingerprint density at radius 3 is 2.55 bits per heavy atom. The van der Waals surface area contributed by atoms with Crippen LogP contribution in [0.15, 0.2) is 30.0 Å². The molecule has 0 radical (unpaired) electrons. The number of nitrogens with zero attached hydrogens (tertiary/aromatic N) is 1. The highest BCUT2D eigenvalue weighted by molar-refractivity contribution is 7.80. The van der Waals surface area contributed by atoms with Crippen LogP contribution in [0.3, 0.4) is 0 Å². The molecule has 3 nitrogen and oxygen atoms in total. The second-order valence-corrected chi connectivity index (χ2v) is 6.44. The van der Waals surface area contributed by atoms with Gasteiger partial charge in [0.1, 0.15) is 5.70 Å². The van der Waals surface area contributed by atoms with Crippen molar-refractivity contribution in [2.45, 2.75) is 51.5 Å². The zero-order valence-electron chi connectivity index (χ0n) is 13.0. The van der Waals surface area contributed by atoms with E-state index in [4.69, 9.17) is 12.2 Å². The van der Waals surface area contributed by atoms with Gasteiger partial charge in [-0.2, -0.15) is 0 Å². The van der Waals surface area contributed by atoms with E-state index in [1.165, 1.54) is 24.8 Å². The summed E-state index contributed by atoms with van der Waals surface area (Å²) < 4.78 is 0. The number of hydrogen-bond donors (Lipinski definition) is 1. The van der Waals surface area contributed by atoms with E-state index in [0.717, 1.165) is 24.8 Å². The van der Waals surface area contributed by atoms with Crippen molar-refractivity contribution < 1.29 is 4.79 Å². The smallest absolute Gasteiger partial charge is 0.276 e. The maximum absolute atomic E-state index is 12.7. The van der Waals surface area contributed by atoms with Gasteiger partial charge in [-0.3, -0.25) is 9.69 Å².